The van der Waals surface area contributed by atoms with Gasteiger partial charge in [-0.15, -0.1) is 0 Å². The fourth-order valence-electron chi connectivity index (χ4n) is 3.61. The molecule has 1 heterocycles. The van der Waals surface area contributed by atoms with Crippen LogP contribution in [-0.4, -0.2) is 53.7 Å². The zero-order valence-corrected chi connectivity index (χ0v) is 17.8. The number of hydrogen-bond donors (Lipinski definition) is 1. The monoisotopic (exact) mass is 393 g/mol. The molecule has 5 nitrogen and oxygen atoms in total. The van der Waals surface area contributed by atoms with Gasteiger partial charge in [0.25, 0.3) is 5.56 Å². The number of aliphatic hydroxyl groups is 1. The summed E-state index contributed by atoms with van der Waals surface area (Å²) in [6.07, 6.45) is -0.583. The van der Waals surface area contributed by atoms with Gasteiger partial charge < -0.3 is 14.6 Å². The van der Waals surface area contributed by atoms with Crippen LogP contribution in [0.5, 0.6) is 0 Å². The fourth-order valence-corrected chi connectivity index (χ4v) is 3.61. The first kappa shape index (κ1) is 21.2. The summed E-state index contributed by atoms with van der Waals surface area (Å²) in [6.45, 7) is 4.46. The van der Waals surface area contributed by atoms with Crippen LogP contribution in [0.25, 0.3) is 10.9 Å². The number of aryl methyl sites for hydroxylation is 1. The Hall–Kier alpha value is -2.47. The van der Waals surface area contributed by atoms with E-state index in [0.717, 1.165) is 34.1 Å². The summed E-state index contributed by atoms with van der Waals surface area (Å²) in [7, 11) is 5.97. The number of rotatable bonds is 8. The standard InChI is InChI=1S/C24H31N3O2/c1-18-10-11-20-15-21(24(29)27(22(20)14-18)13-12-25(2)3)16-26(4)17-23(28)19-8-6-5-7-9-19/h5-11,14-15,23,28H,12-13,16-17H2,1-4H3. The maximum absolute atomic E-state index is 13.3. The van der Waals surface area contributed by atoms with Crippen molar-refractivity contribution in [1.29, 1.82) is 0 Å². The quantitative estimate of drug-likeness (QED) is 0.639. The average molecular weight is 394 g/mol. The predicted octanol–water partition coefficient (Wildman–Crippen LogP) is 3.04. The Morgan fingerprint density at radius 2 is 1.76 bits per heavy atom. The van der Waals surface area contributed by atoms with Crippen molar-refractivity contribution < 1.29 is 5.11 Å². The van der Waals surface area contributed by atoms with Gasteiger partial charge in [0.05, 0.1) is 11.6 Å². The van der Waals surface area contributed by atoms with Gasteiger partial charge in [-0.3, -0.25) is 9.69 Å². The minimum Gasteiger partial charge on any atom is -0.387 e. The van der Waals surface area contributed by atoms with E-state index in [-0.39, 0.29) is 5.56 Å². The van der Waals surface area contributed by atoms with Crippen molar-refractivity contribution in [1.82, 2.24) is 14.4 Å². The predicted molar refractivity (Wildman–Crippen MR) is 119 cm³/mol. The third kappa shape index (κ3) is 5.32. The second-order valence-electron chi connectivity index (χ2n) is 8.12. The Morgan fingerprint density at radius 1 is 1.03 bits per heavy atom. The second-order valence-corrected chi connectivity index (χ2v) is 8.12. The zero-order chi connectivity index (χ0) is 21.0. The zero-order valence-electron chi connectivity index (χ0n) is 17.8. The smallest absolute Gasteiger partial charge is 0.255 e. The van der Waals surface area contributed by atoms with E-state index in [1.165, 1.54) is 0 Å². The van der Waals surface area contributed by atoms with Crippen LogP contribution in [0.15, 0.2) is 59.4 Å². The van der Waals surface area contributed by atoms with Crippen molar-refractivity contribution in [2.45, 2.75) is 26.1 Å². The highest BCUT2D eigenvalue weighted by Gasteiger charge is 2.15. The topological polar surface area (TPSA) is 48.7 Å². The Kier molecular flexibility index (Phi) is 6.85. The van der Waals surface area contributed by atoms with Gasteiger partial charge in [-0.2, -0.15) is 0 Å². The largest absolute Gasteiger partial charge is 0.387 e. The summed E-state index contributed by atoms with van der Waals surface area (Å²) in [5.41, 5.74) is 3.81. The molecule has 5 heteroatoms. The first-order valence-electron chi connectivity index (χ1n) is 10.0. The maximum atomic E-state index is 13.3. The number of hydrogen-bond acceptors (Lipinski definition) is 4. The number of aromatic nitrogens is 1. The number of benzene rings is 2. The number of aliphatic hydroxyl groups excluding tert-OH is 1. The first-order chi connectivity index (χ1) is 13.8. The molecule has 2 aromatic carbocycles. The Morgan fingerprint density at radius 3 is 2.45 bits per heavy atom. The lowest BCUT2D eigenvalue weighted by Gasteiger charge is -2.22. The van der Waals surface area contributed by atoms with Crippen LogP contribution in [-0.2, 0) is 13.1 Å². The van der Waals surface area contributed by atoms with E-state index in [0.29, 0.717) is 19.6 Å². The third-order valence-corrected chi connectivity index (χ3v) is 5.21. The molecule has 0 radical (unpaired) electrons. The molecule has 29 heavy (non-hydrogen) atoms. The van der Waals surface area contributed by atoms with Gasteiger partial charge in [0.1, 0.15) is 0 Å². The summed E-state index contributed by atoms with van der Waals surface area (Å²) < 4.78 is 1.89. The summed E-state index contributed by atoms with van der Waals surface area (Å²) >= 11 is 0. The molecule has 1 aromatic heterocycles. The van der Waals surface area contributed by atoms with E-state index >= 15 is 0 Å². The molecule has 0 aliphatic carbocycles. The lowest BCUT2D eigenvalue weighted by molar-refractivity contribution is 0.123. The van der Waals surface area contributed by atoms with E-state index in [4.69, 9.17) is 0 Å². The van der Waals surface area contributed by atoms with Gasteiger partial charge in [0.15, 0.2) is 0 Å². The minimum atomic E-state index is -0.583. The average Bonchev–Trinajstić information content (AvgIpc) is 2.69. The lowest BCUT2D eigenvalue weighted by atomic mass is 10.1. The summed E-state index contributed by atoms with van der Waals surface area (Å²) in [5, 5.41) is 11.6. The number of nitrogens with zero attached hydrogens (tertiary/aromatic N) is 3. The van der Waals surface area contributed by atoms with Gasteiger partial charge in [-0.05, 0) is 56.7 Å². The van der Waals surface area contributed by atoms with Crippen LogP contribution in [0.4, 0.5) is 0 Å². The van der Waals surface area contributed by atoms with Crippen LogP contribution in [0, 0.1) is 6.92 Å². The number of pyridine rings is 1. The van der Waals surface area contributed by atoms with Crippen molar-refractivity contribution >= 4 is 10.9 Å². The molecule has 0 bridgehead atoms. The molecule has 0 saturated carbocycles. The van der Waals surface area contributed by atoms with Crippen molar-refractivity contribution in [3.63, 3.8) is 0 Å². The van der Waals surface area contributed by atoms with Crippen LogP contribution >= 0.6 is 0 Å². The molecule has 3 aromatic rings. The lowest BCUT2D eigenvalue weighted by Crippen LogP contribution is -2.32. The molecule has 154 valence electrons. The summed E-state index contributed by atoms with van der Waals surface area (Å²) in [6, 6.07) is 17.9. The third-order valence-electron chi connectivity index (χ3n) is 5.21. The summed E-state index contributed by atoms with van der Waals surface area (Å²) in [4.78, 5) is 17.3. The molecular formula is C24H31N3O2. The molecule has 0 spiro atoms. The van der Waals surface area contributed by atoms with Crippen molar-refractivity contribution in [3.05, 3.63) is 81.6 Å². The molecular weight excluding hydrogens is 362 g/mol. The van der Waals surface area contributed by atoms with E-state index < -0.39 is 6.10 Å². The van der Waals surface area contributed by atoms with Gasteiger partial charge >= 0.3 is 0 Å². The molecule has 0 aliphatic rings. The van der Waals surface area contributed by atoms with Crippen molar-refractivity contribution in [3.8, 4) is 0 Å². The molecule has 1 unspecified atom stereocenters. The van der Waals surface area contributed by atoms with E-state index in [1.807, 2.05) is 73.9 Å². The van der Waals surface area contributed by atoms with Gasteiger partial charge in [-0.25, -0.2) is 0 Å². The van der Waals surface area contributed by atoms with Crippen LogP contribution < -0.4 is 5.56 Å². The van der Waals surface area contributed by atoms with Gasteiger partial charge in [0, 0.05) is 31.7 Å². The minimum absolute atomic E-state index is 0.0472. The highest BCUT2D eigenvalue weighted by atomic mass is 16.3. The maximum Gasteiger partial charge on any atom is 0.255 e. The van der Waals surface area contributed by atoms with E-state index in [1.54, 1.807) is 0 Å². The first-order valence-corrected chi connectivity index (χ1v) is 10.0. The molecule has 3 rings (SSSR count). The highest BCUT2D eigenvalue weighted by molar-refractivity contribution is 5.80. The van der Waals surface area contributed by atoms with E-state index in [9.17, 15) is 9.90 Å². The molecule has 0 saturated heterocycles. The SMILES string of the molecule is Cc1ccc2cc(CN(C)CC(O)c3ccccc3)c(=O)n(CCN(C)C)c2c1. The van der Waals surface area contributed by atoms with E-state index in [2.05, 4.69) is 23.1 Å². The second kappa shape index (κ2) is 9.35. The molecule has 1 atom stereocenters. The van der Waals surface area contributed by atoms with Crippen LogP contribution in [0.3, 0.4) is 0 Å². The normalized spacial score (nSPS) is 12.8. The van der Waals surface area contributed by atoms with Crippen molar-refractivity contribution in [2.24, 2.45) is 0 Å². The molecule has 0 fully saturated rings. The van der Waals surface area contributed by atoms with Crippen LogP contribution in [0.2, 0.25) is 0 Å². The molecule has 1 N–H and O–H groups in total. The Bertz CT molecular complexity index is 1010. The molecule has 0 amide bonds. The highest BCUT2D eigenvalue weighted by Crippen LogP contribution is 2.18. The Balaban J connectivity index is 1.87. The summed E-state index contributed by atoms with van der Waals surface area (Å²) in [5.74, 6) is 0. The number of likely N-dealkylation sites (N-methyl/N-ethyl adjacent to an activating group) is 2. The van der Waals surface area contributed by atoms with Crippen LogP contribution in [0.1, 0.15) is 22.8 Å². The Labute approximate surface area is 172 Å². The molecule has 0 aliphatic heterocycles. The van der Waals surface area contributed by atoms with Crippen molar-refractivity contribution in [2.75, 3.05) is 34.2 Å². The van der Waals surface area contributed by atoms with Gasteiger partial charge in [-0.1, -0.05) is 42.5 Å². The van der Waals surface area contributed by atoms with Gasteiger partial charge in [0.2, 0.25) is 0 Å². The fraction of sp³-hybridized carbons (Fsp3) is 0.375. The number of fused-ring (bicyclic) bond motifs is 1.